The minimum Gasteiger partial charge on any atom is -0.489 e. The number of nitrogens with zero attached hydrogens (tertiary/aromatic N) is 1. The Balaban J connectivity index is 1.41. The Labute approximate surface area is 243 Å². The number of rotatable bonds is 11. The van der Waals surface area contributed by atoms with Gasteiger partial charge in [0.05, 0.1) is 48.1 Å². The molecule has 42 heavy (non-hydrogen) atoms. The summed E-state index contributed by atoms with van der Waals surface area (Å²) < 4.78 is 74.1. The smallest absolute Gasteiger partial charge is 0.416 e. The molecule has 1 fully saturated rings. The summed E-state index contributed by atoms with van der Waals surface area (Å²) in [4.78, 5) is 15.2. The van der Waals surface area contributed by atoms with Gasteiger partial charge in [-0.1, -0.05) is 19.1 Å². The number of ether oxygens (including phenoxy) is 2. The minimum absolute atomic E-state index is 0.0288. The van der Waals surface area contributed by atoms with E-state index in [1.54, 1.807) is 50.4 Å². The van der Waals surface area contributed by atoms with Crippen LogP contribution in [-0.2, 0) is 20.8 Å². The van der Waals surface area contributed by atoms with Gasteiger partial charge in [-0.2, -0.15) is 13.2 Å². The van der Waals surface area contributed by atoms with E-state index in [1.165, 1.54) is 24.3 Å². The molecule has 0 spiro atoms. The highest BCUT2D eigenvalue weighted by atomic mass is 32.2. The lowest BCUT2D eigenvalue weighted by Crippen LogP contribution is -2.33. The second-order valence-corrected chi connectivity index (χ2v) is 12.3. The summed E-state index contributed by atoms with van der Waals surface area (Å²) in [7, 11) is -1.78. The number of halogens is 3. The maximum absolute atomic E-state index is 13.0. The molecule has 3 aromatic rings. The number of alkyl halides is 3. The van der Waals surface area contributed by atoms with Gasteiger partial charge in [-0.05, 0) is 66.2 Å². The van der Waals surface area contributed by atoms with Crippen molar-refractivity contribution in [2.45, 2.75) is 42.6 Å². The average Bonchev–Trinajstić information content (AvgIpc) is 3.37. The summed E-state index contributed by atoms with van der Waals surface area (Å²) in [6.07, 6.45) is -4.11. The summed E-state index contributed by atoms with van der Waals surface area (Å²) in [5, 5.41) is 12.7. The third kappa shape index (κ3) is 7.42. The van der Waals surface area contributed by atoms with E-state index in [2.05, 4.69) is 10.2 Å². The SMILES string of the molecule is CCS(=O)(=O)c1ccc(C(CO)NC(=O)c2ccc(N3C[C@H](Oc4ccc(C(F)(F)F)cc4)C[C@H]3COC)cc2)cc1. The number of carbonyl (C=O) groups is 1. The van der Waals surface area contributed by atoms with E-state index in [0.717, 1.165) is 17.8 Å². The second kappa shape index (κ2) is 13.1. The fourth-order valence-corrected chi connectivity index (χ4v) is 5.78. The summed E-state index contributed by atoms with van der Waals surface area (Å²) in [5.41, 5.74) is 1.01. The Morgan fingerprint density at radius 2 is 1.69 bits per heavy atom. The predicted octanol–water partition coefficient (Wildman–Crippen LogP) is 4.64. The molecule has 1 heterocycles. The molecule has 0 saturated carbocycles. The lowest BCUT2D eigenvalue weighted by atomic mass is 10.1. The van der Waals surface area contributed by atoms with Crippen molar-refractivity contribution in [2.24, 2.45) is 0 Å². The quantitative estimate of drug-likeness (QED) is 0.328. The number of anilines is 1. The number of hydrogen-bond donors (Lipinski definition) is 2. The van der Waals surface area contributed by atoms with Crippen LogP contribution in [0.2, 0.25) is 0 Å². The second-order valence-electron chi connectivity index (χ2n) is 9.99. The van der Waals surface area contributed by atoms with Crippen LogP contribution in [0, 0.1) is 0 Å². The number of nitrogens with one attached hydrogen (secondary N) is 1. The van der Waals surface area contributed by atoms with Gasteiger partial charge in [0, 0.05) is 24.8 Å². The molecule has 4 rings (SSSR count). The molecule has 8 nitrogen and oxygen atoms in total. The number of aliphatic hydroxyl groups is 1. The fraction of sp³-hybridized carbons (Fsp3) is 0.367. The predicted molar refractivity (Wildman–Crippen MR) is 151 cm³/mol. The highest BCUT2D eigenvalue weighted by Crippen LogP contribution is 2.32. The first kappa shape index (κ1) is 31.3. The zero-order valence-corrected chi connectivity index (χ0v) is 24.0. The number of sulfone groups is 1. The van der Waals surface area contributed by atoms with Crippen molar-refractivity contribution in [2.75, 3.05) is 37.5 Å². The monoisotopic (exact) mass is 606 g/mol. The van der Waals surface area contributed by atoms with Crippen LogP contribution in [0.25, 0.3) is 0 Å². The molecule has 2 N–H and O–H groups in total. The molecular weight excluding hydrogens is 573 g/mol. The Morgan fingerprint density at radius 1 is 1.05 bits per heavy atom. The van der Waals surface area contributed by atoms with Crippen LogP contribution >= 0.6 is 0 Å². The van der Waals surface area contributed by atoms with E-state index in [9.17, 15) is 31.5 Å². The molecule has 1 aliphatic heterocycles. The van der Waals surface area contributed by atoms with E-state index >= 15 is 0 Å². The van der Waals surface area contributed by atoms with Gasteiger partial charge >= 0.3 is 6.18 Å². The Hall–Kier alpha value is -3.61. The lowest BCUT2D eigenvalue weighted by molar-refractivity contribution is -0.137. The summed E-state index contributed by atoms with van der Waals surface area (Å²) >= 11 is 0. The van der Waals surface area contributed by atoms with E-state index in [0.29, 0.717) is 36.4 Å². The Bertz CT molecular complexity index is 1450. The van der Waals surface area contributed by atoms with Crippen molar-refractivity contribution in [3.63, 3.8) is 0 Å². The molecule has 1 amide bonds. The van der Waals surface area contributed by atoms with E-state index in [-0.39, 0.29) is 29.4 Å². The number of hydrogen-bond acceptors (Lipinski definition) is 7. The third-order valence-electron chi connectivity index (χ3n) is 7.19. The number of carbonyl (C=O) groups excluding carboxylic acids is 1. The molecule has 1 unspecified atom stereocenters. The van der Waals surface area contributed by atoms with Crippen molar-refractivity contribution < 1.29 is 41.0 Å². The van der Waals surface area contributed by atoms with Gasteiger partial charge < -0.3 is 24.8 Å². The van der Waals surface area contributed by atoms with Crippen LogP contribution in [0.4, 0.5) is 18.9 Å². The molecule has 0 radical (unpaired) electrons. The molecule has 0 aromatic heterocycles. The number of benzene rings is 3. The largest absolute Gasteiger partial charge is 0.489 e. The first-order valence-electron chi connectivity index (χ1n) is 13.4. The molecule has 226 valence electrons. The molecule has 1 saturated heterocycles. The highest BCUT2D eigenvalue weighted by Gasteiger charge is 2.34. The highest BCUT2D eigenvalue weighted by molar-refractivity contribution is 7.91. The minimum atomic E-state index is -4.42. The maximum atomic E-state index is 13.0. The number of amides is 1. The van der Waals surface area contributed by atoms with Gasteiger partial charge in [0.2, 0.25) is 0 Å². The molecule has 0 bridgehead atoms. The van der Waals surface area contributed by atoms with Gasteiger partial charge in [-0.25, -0.2) is 8.42 Å². The standard InChI is InChI=1S/C30H33F3N2O6S/c1-3-42(38,39)27-14-6-20(7-15-27)28(18-36)34-29(37)21-4-10-23(11-5-21)35-17-26(16-24(35)19-40-2)41-25-12-8-22(9-13-25)30(31,32)33/h4-15,24,26,28,36H,3,16-19H2,1-2H3,(H,34,37)/t24-,26+,28?/m0/s1. The van der Waals surface area contributed by atoms with Gasteiger partial charge in [-0.3, -0.25) is 4.79 Å². The maximum Gasteiger partial charge on any atom is 0.416 e. The van der Waals surface area contributed by atoms with Gasteiger partial charge in [0.15, 0.2) is 9.84 Å². The van der Waals surface area contributed by atoms with Crippen LogP contribution in [0.1, 0.15) is 40.9 Å². The Morgan fingerprint density at radius 3 is 2.24 bits per heavy atom. The number of methoxy groups -OCH3 is 1. The van der Waals surface area contributed by atoms with E-state index < -0.39 is 33.5 Å². The van der Waals surface area contributed by atoms with Gasteiger partial charge in [0.1, 0.15) is 11.9 Å². The molecular formula is C30H33F3N2O6S. The summed E-state index contributed by atoms with van der Waals surface area (Å²) in [6, 6.07) is 16.8. The van der Waals surface area contributed by atoms with Crippen LogP contribution in [0.3, 0.4) is 0 Å². The van der Waals surface area contributed by atoms with E-state index in [4.69, 9.17) is 9.47 Å². The van der Waals surface area contributed by atoms with Crippen molar-refractivity contribution in [1.29, 1.82) is 0 Å². The van der Waals surface area contributed by atoms with Crippen LogP contribution in [0.5, 0.6) is 5.75 Å². The van der Waals surface area contributed by atoms with E-state index in [1.807, 2.05) is 0 Å². The lowest BCUT2D eigenvalue weighted by Gasteiger charge is -2.26. The molecule has 0 aliphatic carbocycles. The first-order chi connectivity index (χ1) is 19.9. The molecule has 1 aliphatic rings. The first-order valence-corrected chi connectivity index (χ1v) is 15.0. The molecule has 3 aromatic carbocycles. The number of aliphatic hydroxyl groups excluding tert-OH is 1. The van der Waals surface area contributed by atoms with Crippen LogP contribution in [0.15, 0.2) is 77.7 Å². The zero-order valence-electron chi connectivity index (χ0n) is 23.2. The normalized spacial score (nSPS) is 18.1. The van der Waals surface area contributed by atoms with Crippen molar-refractivity contribution in [3.05, 3.63) is 89.5 Å². The van der Waals surface area contributed by atoms with Crippen molar-refractivity contribution in [1.82, 2.24) is 5.32 Å². The summed E-state index contributed by atoms with van der Waals surface area (Å²) in [5.74, 6) is -0.0961. The van der Waals surface area contributed by atoms with Crippen molar-refractivity contribution >= 4 is 21.4 Å². The Kier molecular flexibility index (Phi) is 9.80. The average molecular weight is 607 g/mol. The van der Waals surface area contributed by atoms with Gasteiger partial charge in [-0.15, -0.1) is 0 Å². The molecule has 12 heteroatoms. The third-order valence-corrected chi connectivity index (χ3v) is 8.94. The van der Waals surface area contributed by atoms with Crippen LogP contribution < -0.4 is 15.0 Å². The zero-order chi connectivity index (χ0) is 30.5. The van der Waals surface area contributed by atoms with Crippen LogP contribution in [-0.4, -0.2) is 64.2 Å². The topological polar surface area (TPSA) is 105 Å². The summed E-state index contributed by atoms with van der Waals surface area (Å²) in [6.45, 7) is 2.06. The van der Waals surface area contributed by atoms with Gasteiger partial charge in [0.25, 0.3) is 5.91 Å². The van der Waals surface area contributed by atoms with Crippen molar-refractivity contribution in [3.8, 4) is 5.75 Å². The molecule has 3 atom stereocenters. The fourth-order valence-electron chi connectivity index (χ4n) is 4.90.